The highest BCUT2D eigenvalue weighted by molar-refractivity contribution is 5.64. The standard InChI is InChI=1S/C12H17NO/c1-5-13-11-7-10(8(2)3)12(14)6-9(11)4/h5-8,14H,1-4H3. The Morgan fingerprint density at radius 3 is 2.50 bits per heavy atom. The van der Waals surface area contributed by atoms with Gasteiger partial charge in [-0.2, -0.15) is 0 Å². The van der Waals surface area contributed by atoms with Gasteiger partial charge in [-0.1, -0.05) is 13.8 Å². The van der Waals surface area contributed by atoms with Crippen molar-refractivity contribution in [2.24, 2.45) is 4.99 Å². The zero-order valence-corrected chi connectivity index (χ0v) is 9.20. The fourth-order valence-electron chi connectivity index (χ4n) is 1.44. The molecule has 76 valence electrons. The largest absolute Gasteiger partial charge is 0.508 e. The van der Waals surface area contributed by atoms with Gasteiger partial charge in [0, 0.05) is 6.21 Å². The number of rotatable bonds is 2. The minimum Gasteiger partial charge on any atom is -0.508 e. The van der Waals surface area contributed by atoms with Crippen molar-refractivity contribution >= 4 is 11.9 Å². The Kier molecular flexibility index (Phi) is 3.28. The number of phenols is 1. The molecule has 14 heavy (non-hydrogen) atoms. The molecule has 0 spiro atoms. The molecule has 2 heteroatoms. The van der Waals surface area contributed by atoms with Crippen LogP contribution in [-0.2, 0) is 0 Å². The van der Waals surface area contributed by atoms with Gasteiger partial charge in [0.25, 0.3) is 0 Å². The second-order valence-electron chi connectivity index (χ2n) is 3.74. The molecule has 2 nitrogen and oxygen atoms in total. The molecule has 0 aliphatic rings. The third kappa shape index (κ3) is 2.13. The van der Waals surface area contributed by atoms with Gasteiger partial charge < -0.3 is 5.11 Å². The van der Waals surface area contributed by atoms with Crippen LogP contribution in [-0.4, -0.2) is 11.3 Å². The van der Waals surface area contributed by atoms with Gasteiger partial charge in [-0.05, 0) is 43.0 Å². The first-order chi connectivity index (χ1) is 6.56. The number of aryl methyl sites for hydroxylation is 1. The highest BCUT2D eigenvalue weighted by Crippen LogP contribution is 2.32. The van der Waals surface area contributed by atoms with Crippen molar-refractivity contribution in [3.8, 4) is 5.75 Å². The summed E-state index contributed by atoms with van der Waals surface area (Å²) in [5.41, 5.74) is 2.90. The molecule has 1 aromatic carbocycles. The fraction of sp³-hybridized carbons (Fsp3) is 0.417. The van der Waals surface area contributed by atoms with E-state index < -0.39 is 0 Å². The lowest BCUT2D eigenvalue weighted by Crippen LogP contribution is -1.89. The molecule has 0 radical (unpaired) electrons. The lowest BCUT2D eigenvalue weighted by Gasteiger charge is -2.10. The van der Waals surface area contributed by atoms with Crippen LogP contribution in [0.1, 0.15) is 37.8 Å². The van der Waals surface area contributed by atoms with Gasteiger partial charge >= 0.3 is 0 Å². The van der Waals surface area contributed by atoms with Gasteiger partial charge in [-0.25, -0.2) is 0 Å². The molecular weight excluding hydrogens is 174 g/mol. The fourth-order valence-corrected chi connectivity index (χ4v) is 1.44. The number of benzene rings is 1. The van der Waals surface area contributed by atoms with E-state index in [4.69, 9.17) is 0 Å². The van der Waals surface area contributed by atoms with Crippen molar-refractivity contribution in [3.05, 3.63) is 23.3 Å². The van der Waals surface area contributed by atoms with E-state index >= 15 is 0 Å². The van der Waals surface area contributed by atoms with Crippen LogP contribution in [0.15, 0.2) is 17.1 Å². The van der Waals surface area contributed by atoms with Crippen LogP contribution in [0.2, 0.25) is 0 Å². The third-order valence-electron chi connectivity index (χ3n) is 2.24. The maximum absolute atomic E-state index is 9.70. The molecular formula is C12H17NO. The number of hydrogen-bond donors (Lipinski definition) is 1. The van der Waals surface area contributed by atoms with Gasteiger partial charge in [0.1, 0.15) is 5.75 Å². The van der Waals surface area contributed by atoms with E-state index in [0.29, 0.717) is 11.7 Å². The van der Waals surface area contributed by atoms with Gasteiger partial charge in [0.2, 0.25) is 0 Å². The summed E-state index contributed by atoms with van der Waals surface area (Å²) in [4.78, 5) is 4.25. The van der Waals surface area contributed by atoms with E-state index in [9.17, 15) is 5.11 Å². The van der Waals surface area contributed by atoms with Crippen molar-refractivity contribution in [1.29, 1.82) is 0 Å². The van der Waals surface area contributed by atoms with Gasteiger partial charge in [0.15, 0.2) is 0 Å². The average Bonchev–Trinajstić information content (AvgIpc) is 2.09. The Morgan fingerprint density at radius 2 is 2.00 bits per heavy atom. The van der Waals surface area contributed by atoms with E-state index in [1.165, 1.54) is 0 Å². The molecule has 1 N–H and O–H groups in total. The van der Waals surface area contributed by atoms with Crippen LogP contribution in [0.25, 0.3) is 0 Å². The molecule has 0 atom stereocenters. The molecule has 1 rings (SSSR count). The summed E-state index contributed by atoms with van der Waals surface area (Å²) >= 11 is 0. The molecule has 0 aliphatic carbocycles. The van der Waals surface area contributed by atoms with Crippen molar-refractivity contribution in [2.75, 3.05) is 0 Å². The van der Waals surface area contributed by atoms with E-state index in [0.717, 1.165) is 16.8 Å². The normalized spacial score (nSPS) is 11.5. The summed E-state index contributed by atoms with van der Waals surface area (Å²) in [5.74, 6) is 0.689. The molecule has 0 aromatic heterocycles. The summed E-state index contributed by atoms with van der Waals surface area (Å²) in [6, 6.07) is 3.73. The van der Waals surface area contributed by atoms with Gasteiger partial charge in [-0.3, -0.25) is 4.99 Å². The van der Waals surface area contributed by atoms with Crippen molar-refractivity contribution in [1.82, 2.24) is 0 Å². The Morgan fingerprint density at radius 1 is 1.36 bits per heavy atom. The first-order valence-electron chi connectivity index (χ1n) is 4.88. The molecule has 0 fully saturated rings. The Balaban J connectivity index is 3.27. The lowest BCUT2D eigenvalue weighted by atomic mass is 9.99. The zero-order valence-electron chi connectivity index (χ0n) is 9.20. The molecule has 0 bridgehead atoms. The summed E-state index contributed by atoms with van der Waals surface area (Å²) < 4.78 is 0. The molecule has 1 aromatic rings. The van der Waals surface area contributed by atoms with Crippen molar-refractivity contribution in [2.45, 2.75) is 33.6 Å². The summed E-state index contributed by atoms with van der Waals surface area (Å²) in [6.07, 6.45) is 1.77. The van der Waals surface area contributed by atoms with Crippen LogP contribution in [0.3, 0.4) is 0 Å². The van der Waals surface area contributed by atoms with E-state index in [-0.39, 0.29) is 0 Å². The molecule has 0 amide bonds. The van der Waals surface area contributed by atoms with E-state index in [1.807, 2.05) is 19.9 Å². The first-order valence-corrected chi connectivity index (χ1v) is 4.88. The molecule has 0 saturated carbocycles. The SMILES string of the molecule is CC=Nc1cc(C(C)C)c(O)cc1C. The maximum Gasteiger partial charge on any atom is 0.119 e. The van der Waals surface area contributed by atoms with Gasteiger partial charge in [-0.15, -0.1) is 0 Å². The summed E-state index contributed by atoms with van der Waals surface area (Å²) in [7, 11) is 0. The number of nitrogens with zero attached hydrogens (tertiary/aromatic N) is 1. The minimum atomic E-state index is 0.321. The maximum atomic E-state index is 9.70. The van der Waals surface area contributed by atoms with Gasteiger partial charge in [0.05, 0.1) is 5.69 Å². The number of hydrogen-bond acceptors (Lipinski definition) is 2. The smallest absolute Gasteiger partial charge is 0.119 e. The van der Waals surface area contributed by atoms with Crippen molar-refractivity contribution < 1.29 is 5.11 Å². The quantitative estimate of drug-likeness (QED) is 0.712. The third-order valence-corrected chi connectivity index (χ3v) is 2.24. The monoisotopic (exact) mass is 191 g/mol. The second kappa shape index (κ2) is 4.27. The van der Waals surface area contributed by atoms with Crippen LogP contribution < -0.4 is 0 Å². The topological polar surface area (TPSA) is 32.6 Å². The highest BCUT2D eigenvalue weighted by Gasteiger charge is 2.08. The van der Waals surface area contributed by atoms with Crippen molar-refractivity contribution in [3.63, 3.8) is 0 Å². The molecule has 0 unspecified atom stereocenters. The highest BCUT2D eigenvalue weighted by atomic mass is 16.3. The minimum absolute atomic E-state index is 0.321. The average molecular weight is 191 g/mol. The molecule has 0 heterocycles. The van der Waals surface area contributed by atoms with Crippen LogP contribution in [0.5, 0.6) is 5.75 Å². The molecule has 0 aliphatic heterocycles. The van der Waals surface area contributed by atoms with Crippen LogP contribution in [0.4, 0.5) is 5.69 Å². The Hall–Kier alpha value is -1.31. The zero-order chi connectivity index (χ0) is 10.7. The summed E-state index contributed by atoms with van der Waals surface area (Å²) in [5, 5.41) is 9.70. The van der Waals surface area contributed by atoms with E-state index in [2.05, 4.69) is 18.8 Å². The van der Waals surface area contributed by atoms with Crippen LogP contribution >= 0.6 is 0 Å². The second-order valence-corrected chi connectivity index (χ2v) is 3.74. The Labute approximate surface area is 85.3 Å². The number of aromatic hydroxyl groups is 1. The Bertz CT molecular complexity index is 354. The number of phenolic OH excluding ortho intramolecular Hbond substituents is 1. The summed E-state index contributed by atoms with van der Waals surface area (Å²) in [6.45, 7) is 7.96. The van der Waals surface area contributed by atoms with E-state index in [1.54, 1.807) is 12.3 Å². The predicted octanol–water partition coefficient (Wildman–Crippen LogP) is 3.55. The first kappa shape index (κ1) is 10.8. The van der Waals surface area contributed by atoms with Crippen LogP contribution in [0, 0.1) is 6.92 Å². The predicted molar refractivity (Wildman–Crippen MR) is 60.8 cm³/mol. The number of aliphatic imine (C=N–C) groups is 1. The molecule has 0 saturated heterocycles. The lowest BCUT2D eigenvalue weighted by molar-refractivity contribution is 0.464.